The monoisotopic (exact) mass is 347 g/mol. The summed E-state index contributed by atoms with van der Waals surface area (Å²) in [6, 6.07) is 12.3. The van der Waals surface area contributed by atoms with E-state index >= 15 is 0 Å². The number of nitrogens with zero attached hydrogens (tertiary/aromatic N) is 2. The van der Waals surface area contributed by atoms with Crippen LogP contribution in [0.4, 0.5) is 5.69 Å². The molecule has 130 valence electrons. The van der Waals surface area contributed by atoms with Crippen LogP contribution in [0.5, 0.6) is 0 Å². The van der Waals surface area contributed by atoms with Gasteiger partial charge in [0.05, 0.1) is 29.0 Å². The minimum Gasteiger partial charge on any atom is -0.503 e. The third-order valence-electron chi connectivity index (χ3n) is 4.63. The number of benzene rings is 2. The molecule has 1 aromatic heterocycles. The average molecular weight is 347 g/mol. The van der Waals surface area contributed by atoms with Crippen molar-refractivity contribution >= 4 is 28.4 Å². The molecule has 0 fully saturated rings. The van der Waals surface area contributed by atoms with E-state index in [2.05, 4.69) is 9.97 Å². The number of ketones is 1. The fraction of sp³-hybridized carbons (Fsp3) is 0.150. The molecule has 1 unspecified atom stereocenters. The van der Waals surface area contributed by atoms with E-state index in [1.165, 1.54) is 11.8 Å². The summed E-state index contributed by atoms with van der Waals surface area (Å²) >= 11 is 0. The van der Waals surface area contributed by atoms with Gasteiger partial charge in [0.15, 0.2) is 11.5 Å². The number of aromatic nitrogens is 2. The van der Waals surface area contributed by atoms with Crippen LogP contribution in [-0.2, 0) is 9.59 Å². The molecule has 2 aromatic carbocycles. The summed E-state index contributed by atoms with van der Waals surface area (Å²) < 4.78 is 0. The summed E-state index contributed by atoms with van der Waals surface area (Å²) in [7, 11) is 0. The second-order valence-corrected chi connectivity index (χ2v) is 6.41. The first kappa shape index (κ1) is 16.1. The van der Waals surface area contributed by atoms with Gasteiger partial charge in [0, 0.05) is 5.69 Å². The zero-order valence-electron chi connectivity index (χ0n) is 14.4. The molecule has 6 nitrogen and oxygen atoms in total. The van der Waals surface area contributed by atoms with E-state index in [0.717, 1.165) is 16.6 Å². The van der Waals surface area contributed by atoms with Crippen molar-refractivity contribution in [2.24, 2.45) is 0 Å². The zero-order chi connectivity index (χ0) is 18.4. The molecule has 2 heterocycles. The number of imidazole rings is 1. The third-order valence-corrected chi connectivity index (χ3v) is 4.63. The van der Waals surface area contributed by atoms with Gasteiger partial charge in [-0.05, 0) is 37.6 Å². The lowest BCUT2D eigenvalue weighted by Gasteiger charge is -2.27. The van der Waals surface area contributed by atoms with Crippen LogP contribution >= 0.6 is 0 Å². The fourth-order valence-electron chi connectivity index (χ4n) is 3.46. The van der Waals surface area contributed by atoms with E-state index < -0.39 is 17.7 Å². The Morgan fingerprint density at radius 2 is 2.04 bits per heavy atom. The number of carbonyl (C=O) groups excluding carboxylic acids is 2. The van der Waals surface area contributed by atoms with Crippen molar-refractivity contribution in [1.29, 1.82) is 0 Å². The molecule has 26 heavy (non-hydrogen) atoms. The number of anilines is 1. The number of hydrogen-bond acceptors (Lipinski definition) is 4. The Bertz CT molecular complexity index is 1080. The predicted molar refractivity (Wildman–Crippen MR) is 97.8 cm³/mol. The standard InChI is InChI=1S/C20H17N3O3/c1-11-4-3-5-13(8-11)18-17(12(2)24)19(25)20(26)23(18)14-6-7-15-16(9-14)22-10-21-15/h3-10,18,25H,1-2H3,(H,21,22). The lowest BCUT2D eigenvalue weighted by atomic mass is 9.95. The molecule has 0 aliphatic carbocycles. The van der Waals surface area contributed by atoms with Gasteiger partial charge in [-0.15, -0.1) is 0 Å². The Labute approximate surface area is 149 Å². The number of aryl methyl sites for hydroxylation is 1. The van der Waals surface area contributed by atoms with Crippen LogP contribution in [0, 0.1) is 6.92 Å². The van der Waals surface area contributed by atoms with Crippen LogP contribution in [0.15, 0.2) is 60.1 Å². The molecule has 0 bridgehead atoms. The van der Waals surface area contributed by atoms with Crippen LogP contribution in [-0.4, -0.2) is 26.8 Å². The number of hydrogen-bond donors (Lipinski definition) is 2. The molecular weight excluding hydrogens is 330 g/mol. The summed E-state index contributed by atoms with van der Waals surface area (Å²) in [4.78, 5) is 33.7. The number of fused-ring (bicyclic) bond motifs is 1. The van der Waals surface area contributed by atoms with Gasteiger partial charge in [0.25, 0.3) is 5.91 Å². The van der Waals surface area contributed by atoms with E-state index in [9.17, 15) is 14.7 Å². The number of aliphatic hydroxyl groups is 1. The Kier molecular flexibility index (Phi) is 3.61. The molecule has 0 saturated heterocycles. The summed E-state index contributed by atoms with van der Waals surface area (Å²) in [6.45, 7) is 3.31. The van der Waals surface area contributed by atoms with Crippen molar-refractivity contribution in [2.45, 2.75) is 19.9 Å². The van der Waals surface area contributed by atoms with Gasteiger partial charge in [-0.3, -0.25) is 14.5 Å². The van der Waals surface area contributed by atoms with Gasteiger partial charge in [0.2, 0.25) is 0 Å². The first-order chi connectivity index (χ1) is 12.5. The van der Waals surface area contributed by atoms with Crippen LogP contribution in [0.3, 0.4) is 0 Å². The average Bonchev–Trinajstić information content (AvgIpc) is 3.17. The normalized spacial score (nSPS) is 17.4. The molecule has 0 spiro atoms. The van der Waals surface area contributed by atoms with Gasteiger partial charge in [-0.25, -0.2) is 4.98 Å². The molecular formula is C20H17N3O3. The minimum absolute atomic E-state index is 0.114. The Balaban J connectivity index is 1.91. The highest BCUT2D eigenvalue weighted by Gasteiger charge is 2.43. The van der Waals surface area contributed by atoms with E-state index in [1.54, 1.807) is 18.5 Å². The number of H-pyrrole nitrogens is 1. The SMILES string of the molecule is CC(=O)C1=C(O)C(=O)N(c2ccc3[nH]cnc3c2)C1c1cccc(C)c1. The van der Waals surface area contributed by atoms with E-state index in [-0.39, 0.29) is 11.4 Å². The molecule has 4 rings (SSSR count). The molecule has 3 aromatic rings. The van der Waals surface area contributed by atoms with Crippen LogP contribution in [0.1, 0.15) is 24.1 Å². The largest absolute Gasteiger partial charge is 0.503 e. The van der Waals surface area contributed by atoms with E-state index in [0.29, 0.717) is 11.2 Å². The van der Waals surface area contributed by atoms with Gasteiger partial charge < -0.3 is 10.1 Å². The quantitative estimate of drug-likeness (QED) is 0.761. The highest BCUT2D eigenvalue weighted by molar-refractivity contribution is 6.16. The Hall–Kier alpha value is -3.41. The first-order valence-electron chi connectivity index (χ1n) is 8.24. The third kappa shape index (κ3) is 2.38. The zero-order valence-corrected chi connectivity index (χ0v) is 14.4. The molecule has 1 aliphatic rings. The summed E-state index contributed by atoms with van der Waals surface area (Å²) in [5, 5.41) is 10.4. The van der Waals surface area contributed by atoms with E-state index in [1.807, 2.05) is 37.3 Å². The number of nitrogens with one attached hydrogen (secondary N) is 1. The summed E-state index contributed by atoms with van der Waals surface area (Å²) in [5.41, 5.74) is 4.01. The van der Waals surface area contributed by atoms with Crippen molar-refractivity contribution in [2.75, 3.05) is 4.90 Å². The second-order valence-electron chi connectivity index (χ2n) is 6.41. The maximum Gasteiger partial charge on any atom is 0.294 e. The molecule has 2 N–H and O–H groups in total. The van der Waals surface area contributed by atoms with Gasteiger partial charge in [-0.2, -0.15) is 0 Å². The van der Waals surface area contributed by atoms with Crippen LogP contribution in [0.25, 0.3) is 11.0 Å². The molecule has 1 amide bonds. The molecule has 6 heteroatoms. The predicted octanol–water partition coefficient (Wildman–Crippen LogP) is 3.36. The number of carbonyl (C=O) groups is 2. The van der Waals surface area contributed by atoms with Crippen LogP contribution in [0.2, 0.25) is 0 Å². The summed E-state index contributed by atoms with van der Waals surface area (Å²) in [6.07, 6.45) is 1.58. The maximum atomic E-state index is 12.8. The first-order valence-corrected chi connectivity index (χ1v) is 8.24. The fourth-order valence-corrected chi connectivity index (χ4v) is 3.46. The van der Waals surface area contributed by atoms with Gasteiger partial charge >= 0.3 is 0 Å². The van der Waals surface area contributed by atoms with Gasteiger partial charge in [0.1, 0.15) is 0 Å². The molecule has 0 radical (unpaired) electrons. The highest BCUT2D eigenvalue weighted by Crippen LogP contribution is 2.41. The number of aromatic amines is 1. The summed E-state index contributed by atoms with van der Waals surface area (Å²) in [5.74, 6) is -1.41. The minimum atomic E-state index is -0.670. The van der Waals surface area contributed by atoms with Crippen LogP contribution < -0.4 is 4.90 Å². The number of rotatable bonds is 3. The van der Waals surface area contributed by atoms with Crippen molar-refractivity contribution in [3.8, 4) is 0 Å². The topological polar surface area (TPSA) is 86.3 Å². The smallest absolute Gasteiger partial charge is 0.294 e. The van der Waals surface area contributed by atoms with Crippen molar-refractivity contribution in [3.63, 3.8) is 0 Å². The van der Waals surface area contributed by atoms with Crippen molar-refractivity contribution in [1.82, 2.24) is 9.97 Å². The number of amides is 1. The maximum absolute atomic E-state index is 12.8. The number of Topliss-reactive ketones (excluding diaryl/α,β-unsaturated/α-hetero) is 1. The highest BCUT2D eigenvalue weighted by atomic mass is 16.3. The number of aliphatic hydroxyl groups excluding tert-OH is 1. The Morgan fingerprint density at radius 3 is 2.77 bits per heavy atom. The van der Waals surface area contributed by atoms with E-state index in [4.69, 9.17) is 0 Å². The molecule has 0 saturated carbocycles. The second kappa shape index (κ2) is 5.84. The van der Waals surface area contributed by atoms with Crippen molar-refractivity contribution < 1.29 is 14.7 Å². The van der Waals surface area contributed by atoms with Gasteiger partial charge in [-0.1, -0.05) is 29.8 Å². The molecule has 1 atom stereocenters. The lowest BCUT2D eigenvalue weighted by Crippen LogP contribution is -2.30. The lowest BCUT2D eigenvalue weighted by molar-refractivity contribution is -0.117. The van der Waals surface area contributed by atoms with Crippen molar-refractivity contribution in [3.05, 3.63) is 71.3 Å². The Morgan fingerprint density at radius 1 is 1.23 bits per heavy atom. The molecule has 1 aliphatic heterocycles.